The number of benzene rings is 2. The Hall–Kier alpha value is -2.49. The Kier molecular flexibility index (Phi) is 4.47. The highest BCUT2D eigenvalue weighted by Crippen LogP contribution is 2.38. The fourth-order valence-electron chi connectivity index (χ4n) is 3.00. The van der Waals surface area contributed by atoms with Crippen molar-refractivity contribution in [2.75, 3.05) is 11.9 Å². The van der Waals surface area contributed by atoms with E-state index in [0.717, 1.165) is 28.9 Å². The predicted octanol–water partition coefficient (Wildman–Crippen LogP) is 4.28. The van der Waals surface area contributed by atoms with E-state index in [1.54, 1.807) is 0 Å². The van der Waals surface area contributed by atoms with Crippen molar-refractivity contribution in [2.24, 2.45) is 0 Å². The van der Waals surface area contributed by atoms with Crippen LogP contribution in [-0.4, -0.2) is 18.6 Å². The van der Waals surface area contributed by atoms with Gasteiger partial charge in [0.1, 0.15) is 17.6 Å². The fraction of sp³-hybridized carbons (Fsp3) is 0.350. The van der Waals surface area contributed by atoms with E-state index >= 15 is 0 Å². The average Bonchev–Trinajstić information content (AvgIpc) is 2.89. The van der Waals surface area contributed by atoms with Crippen molar-refractivity contribution < 1.29 is 14.3 Å². The predicted molar refractivity (Wildman–Crippen MR) is 95.3 cm³/mol. The molecule has 4 nitrogen and oxygen atoms in total. The van der Waals surface area contributed by atoms with Crippen LogP contribution in [0.2, 0.25) is 0 Å². The van der Waals surface area contributed by atoms with E-state index < -0.39 is 0 Å². The summed E-state index contributed by atoms with van der Waals surface area (Å²) in [6.45, 7) is 8.47. The van der Waals surface area contributed by atoms with Gasteiger partial charge in [-0.25, -0.2) is 0 Å². The van der Waals surface area contributed by atoms with Gasteiger partial charge in [-0.2, -0.15) is 0 Å². The molecule has 1 atom stereocenters. The quantitative estimate of drug-likeness (QED) is 0.913. The minimum Gasteiger partial charge on any atom is -0.492 e. The third kappa shape index (κ3) is 3.09. The lowest BCUT2D eigenvalue weighted by Gasteiger charge is -2.15. The highest BCUT2D eigenvalue weighted by atomic mass is 16.5. The molecule has 3 rings (SSSR count). The summed E-state index contributed by atoms with van der Waals surface area (Å²) in [5.74, 6) is 1.37. The van der Waals surface area contributed by atoms with E-state index in [9.17, 15) is 4.79 Å². The maximum Gasteiger partial charge on any atom is 0.256 e. The SMILES string of the molecule is CCOc1cc2c(cc1NC(=O)c1cccc(C)c1C)OC(C)C2. The fourth-order valence-corrected chi connectivity index (χ4v) is 3.00. The third-order valence-corrected chi connectivity index (χ3v) is 4.40. The van der Waals surface area contributed by atoms with Crippen LogP contribution in [0.1, 0.15) is 40.9 Å². The first-order valence-electron chi connectivity index (χ1n) is 8.33. The highest BCUT2D eigenvalue weighted by Gasteiger charge is 2.23. The molecule has 0 saturated carbocycles. The molecule has 0 spiro atoms. The first kappa shape index (κ1) is 16.4. The van der Waals surface area contributed by atoms with Crippen molar-refractivity contribution in [1.29, 1.82) is 0 Å². The van der Waals surface area contributed by atoms with Crippen LogP contribution in [0.3, 0.4) is 0 Å². The summed E-state index contributed by atoms with van der Waals surface area (Å²) in [5.41, 5.74) is 4.52. The lowest BCUT2D eigenvalue weighted by molar-refractivity contribution is 0.102. The maximum absolute atomic E-state index is 12.7. The number of hydrogen-bond acceptors (Lipinski definition) is 3. The van der Waals surface area contributed by atoms with Crippen LogP contribution in [0.5, 0.6) is 11.5 Å². The van der Waals surface area contributed by atoms with Crippen LogP contribution in [0.25, 0.3) is 0 Å². The smallest absolute Gasteiger partial charge is 0.256 e. The van der Waals surface area contributed by atoms with Gasteiger partial charge in [-0.05, 0) is 51.0 Å². The van der Waals surface area contributed by atoms with Gasteiger partial charge in [-0.3, -0.25) is 4.79 Å². The molecule has 0 bridgehead atoms. The summed E-state index contributed by atoms with van der Waals surface area (Å²) in [4.78, 5) is 12.7. The molecule has 0 saturated heterocycles. The zero-order chi connectivity index (χ0) is 17.3. The van der Waals surface area contributed by atoms with E-state index in [4.69, 9.17) is 9.47 Å². The molecule has 4 heteroatoms. The molecule has 1 heterocycles. The zero-order valence-electron chi connectivity index (χ0n) is 14.6. The molecular formula is C20H23NO3. The number of carbonyl (C=O) groups is 1. The second kappa shape index (κ2) is 6.56. The van der Waals surface area contributed by atoms with Crippen molar-refractivity contribution in [3.05, 3.63) is 52.6 Å². The zero-order valence-corrected chi connectivity index (χ0v) is 14.6. The largest absolute Gasteiger partial charge is 0.492 e. The lowest BCUT2D eigenvalue weighted by Crippen LogP contribution is -2.15. The molecule has 2 aromatic rings. The van der Waals surface area contributed by atoms with E-state index in [2.05, 4.69) is 5.32 Å². The highest BCUT2D eigenvalue weighted by molar-refractivity contribution is 6.06. The summed E-state index contributed by atoms with van der Waals surface area (Å²) >= 11 is 0. The maximum atomic E-state index is 12.7. The van der Waals surface area contributed by atoms with Crippen LogP contribution in [-0.2, 0) is 6.42 Å². The number of rotatable bonds is 4. The van der Waals surface area contributed by atoms with Gasteiger partial charge >= 0.3 is 0 Å². The van der Waals surface area contributed by atoms with E-state index in [1.165, 1.54) is 0 Å². The normalized spacial score (nSPS) is 15.6. The Morgan fingerprint density at radius 3 is 2.88 bits per heavy atom. The number of hydrogen-bond donors (Lipinski definition) is 1. The number of fused-ring (bicyclic) bond motifs is 1. The second-order valence-electron chi connectivity index (χ2n) is 6.22. The van der Waals surface area contributed by atoms with E-state index in [1.807, 2.05) is 58.0 Å². The summed E-state index contributed by atoms with van der Waals surface area (Å²) < 4.78 is 11.5. The van der Waals surface area contributed by atoms with Gasteiger partial charge in [0.05, 0.1) is 12.3 Å². The molecule has 24 heavy (non-hydrogen) atoms. The summed E-state index contributed by atoms with van der Waals surface area (Å²) in [5, 5.41) is 2.98. The molecule has 1 amide bonds. The molecule has 2 aromatic carbocycles. The van der Waals surface area contributed by atoms with Gasteiger partial charge in [0.15, 0.2) is 0 Å². The Balaban J connectivity index is 1.93. The molecule has 126 valence electrons. The summed E-state index contributed by atoms with van der Waals surface area (Å²) in [7, 11) is 0. The minimum atomic E-state index is -0.136. The van der Waals surface area contributed by atoms with E-state index in [0.29, 0.717) is 23.6 Å². The molecule has 1 aliphatic rings. The third-order valence-electron chi connectivity index (χ3n) is 4.40. The monoisotopic (exact) mass is 325 g/mol. The van der Waals surface area contributed by atoms with Gasteiger partial charge in [0.25, 0.3) is 5.91 Å². The van der Waals surface area contributed by atoms with Gasteiger partial charge in [-0.15, -0.1) is 0 Å². The summed E-state index contributed by atoms with van der Waals surface area (Å²) in [6, 6.07) is 9.58. The molecular weight excluding hydrogens is 302 g/mol. The Morgan fingerprint density at radius 1 is 1.33 bits per heavy atom. The Morgan fingerprint density at radius 2 is 2.12 bits per heavy atom. The number of ether oxygens (including phenoxy) is 2. The standard InChI is InChI=1S/C20H23NO3/c1-5-23-19-10-15-9-13(3)24-18(15)11-17(19)21-20(22)16-8-6-7-12(2)14(16)4/h6-8,10-11,13H,5,9H2,1-4H3,(H,21,22). The van der Waals surface area contributed by atoms with Gasteiger partial charge in [0.2, 0.25) is 0 Å². The van der Waals surface area contributed by atoms with Gasteiger partial charge < -0.3 is 14.8 Å². The van der Waals surface area contributed by atoms with Gasteiger partial charge in [0, 0.05) is 23.6 Å². The Labute approximate surface area is 142 Å². The number of aryl methyl sites for hydroxylation is 1. The lowest BCUT2D eigenvalue weighted by atomic mass is 10.0. The molecule has 0 radical (unpaired) electrons. The minimum absolute atomic E-state index is 0.136. The molecule has 1 N–H and O–H groups in total. The van der Waals surface area contributed by atoms with Gasteiger partial charge in [-0.1, -0.05) is 12.1 Å². The number of nitrogens with one attached hydrogen (secondary N) is 1. The molecule has 1 unspecified atom stereocenters. The number of anilines is 1. The molecule has 0 aliphatic carbocycles. The van der Waals surface area contributed by atoms with Crippen LogP contribution in [0.4, 0.5) is 5.69 Å². The number of carbonyl (C=O) groups excluding carboxylic acids is 1. The van der Waals surface area contributed by atoms with E-state index in [-0.39, 0.29) is 12.0 Å². The van der Waals surface area contributed by atoms with Crippen LogP contribution in [0.15, 0.2) is 30.3 Å². The van der Waals surface area contributed by atoms with Crippen molar-refractivity contribution in [1.82, 2.24) is 0 Å². The first-order chi connectivity index (χ1) is 11.5. The van der Waals surface area contributed by atoms with Crippen LogP contribution < -0.4 is 14.8 Å². The van der Waals surface area contributed by atoms with Crippen molar-refractivity contribution >= 4 is 11.6 Å². The molecule has 0 aromatic heterocycles. The first-order valence-corrected chi connectivity index (χ1v) is 8.33. The second-order valence-corrected chi connectivity index (χ2v) is 6.22. The van der Waals surface area contributed by atoms with Crippen LogP contribution >= 0.6 is 0 Å². The molecule has 0 fully saturated rings. The Bertz CT molecular complexity index is 783. The van der Waals surface area contributed by atoms with Crippen molar-refractivity contribution in [2.45, 2.75) is 40.2 Å². The van der Waals surface area contributed by atoms with Crippen LogP contribution in [0, 0.1) is 13.8 Å². The number of amides is 1. The molecule has 1 aliphatic heterocycles. The average molecular weight is 325 g/mol. The topological polar surface area (TPSA) is 47.6 Å². The summed E-state index contributed by atoms with van der Waals surface area (Å²) in [6.07, 6.45) is 1.01. The van der Waals surface area contributed by atoms with Crippen molar-refractivity contribution in [3.63, 3.8) is 0 Å². The van der Waals surface area contributed by atoms with Crippen molar-refractivity contribution in [3.8, 4) is 11.5 Å².